The van der Waals surface area contributed by atoms with E-state index in [1.165, 1.54) is 6.92 Å². The van der Waals surface area contributed by atoms with Gasteiger partial charge in [0.1, 0.15) is 0 Å². The van der Waals surface area contributed by atoms with Crippen LogP contribution in [0, 0.1) is 0 Å². The van der Waals surface area contributed by atoms with Crippen molar-refractivity contribution in [1.29, 1.82) is 0 Å². The Hall–Kier alpha value is -0.393. The van der Waals surface area contributed by atoms with E-state index >= 15 is 0 Å². The first kappa shape index (κ1) is 10.6. The molecular weight excluding hydrogens is 164 g/mol. The predicted octanol–water partition coefficient (Wildman–Crippen LogP) is -0.328. The molecule has 0 unspecified atom stereocenters. The van der Waals surface area contributed by atoms with Crippen LogP contribution in [0.15, 0.2) is 0 Å². The second kappa shape index (κ2) is 7.71. The minimum Gasteiger partial charge on any atom is -0.439 e. The highest BCUT2D eigenvalue weighted by Gasteiger charge is 1.91. The topological polar surface area (TPSA) is 44.8 Å². The van der Waals surface area contributed by atoms with Crippen LogP contribution in [-0.2, 0) is 18.7 Å². The first-order chi connectivity index (χ1) is 5.27. The minimum absolute atomic E-state index is 0.0317. The summed E-state index contributed by atoms with van der Waals surface area (Å²) in [5.41, 5.74) is 0. The number of hydrogen-bond acceptors (Lipinski definition) is 4. The first-order valence-corrected chi connectivity index (χ1v) is 5.55. The number of ether oxygens (including phenoxy) is 2. The van der Waals surface area contributed by atoms with Crippen molar-refractivity contribution in [3.63, 3.8) is 0 Å². The third-order valence-corrected chi connectivity index (χ3v) is 1.62. The van der Waals surface area contributed by atoms with Crippen molar-refractivity contribution >= 4 is 15.7 Å². The van der Waals surface area contributed by atoms with E-state index < -0.39 is 0 Å². The summed E-state index contributed by atoms with van der Waals surface area (Å²) >= 11 is 0. The van der Waals surface area contributed by atoms with Crippen LogP contribution in [0.5, 0.6) is 0 Å². The van der Waals surface area contributed by atoms with Gasteiger partial charge in [0.15, 0.2) is 16.6 Å². The summed E-state index contributed by atoms with van der Waals surface area (Å²) in [7, 11) is -0.324. The van der Waals surface area contributed by atoms with E-state index in [4.69, 9.17) is 9.16 Å². The monoisotopic (exact) mass is 178 g/mol. The zero-order valence-corrected chi connectivity index (χ0v) is 8.38. The Balaban J connectivity index is 2.85. The average Bonchev–Trinajstić information content (AvgIpc) is 1.96. The Morgan fingerprint density at radius 1 is 1.45 bits per heavy atom. The molecule has 0 spiro atoms. The van der Waals surface area contributed by atoms with Crippen LogP contribution >= 0.6 is 0 Å². The van der Waals surface area contributed by atoms with E-state index in [0.717, 1.165) is 0 Å². The van der Waals surface area contributed by atoms with E-state index in [9.17, 15) is 4.79 Å². The Morgan fingerprint density at radius 2 is 2.18 bits per heavy atom. The largest absolute Gasteiger partial charge is 0.439 e. The molecule has 4 nitrogen and oxygen atoms in total. The summed E-state index contributed by atoms with van der Waals surface area (Å²) in [6, 6.07) is 0. The smallest absolute Gasteiger partial charge is 0.304 e. The molecule has 0 atom stereocenters. The van der Waals surface area contributed by atoms with Crippen LogP contribution in [-0.4, -0.2) is 35.7 Å². The normalized spacial score (nSPS) is 10.7. The van der Waals surface area contributed by atoms with Gasteiger partial charge in [0.2, 0.25) is 0 Å². The molecule has 0 aromatic carbocycles. The van der Waals surface area contributed by atoms with Gasteiger partial charge in [-0.05, 0) is 0 Å². The molecule has 0 saturated carbocycles. The van der Waals surface area contributed by atoms with Gasteiger partial charge in [0.05, 0.1) is 13.2 Å². The molecule has 0 fully saturated rings. The second-order valence-corrected chi connectivity index (χ2v) is 2.84. The molecule has 0 amide bonds. The highest BCUT2D eigenvalue weighted by atomic mass is 28.2. The van der Waals surface area contributed by atoms with E-state index in [0.29, 0.717) is 13.2 Å². The van der Waals surface area contributed by atoms with Crippen LogP contribution in [0.2, 0.25) is 6.55 Å². The molecule has 0 aliphatic carbocycles. The molecule has 5 heteroatoms. The lowest BCUT2D eigenvalue weighted by Gasteiger charge is -2.03. The third-order valence-electron chi connectivity index (χ3n) is 0.922. The van der Waals surface area contributed by atoms with Crippen LogP contribution in [0.25, 0.3) is 0 Å². The van der Waals surface area contributed by atoms with Crippen molar-refractivity contribution in [2.24, 2.45) is 0 Å². The van der Waals surface area contributed by atoms with Gasteiger partial charge >= 0.3 is 5.97 Å². The number of rotatable bonds is 6. The van der Waals surface area contributed by atoms with Crippen molar-refractivity contribution in [2.45, 2.75) is 13.5 Å². The lowest BCUT2D eigenvalue weighted by molar-refractivity contribution is -0.154. The van der Waals surface area contributed by atoms with Gasteiger partial charge in [-0.15, -0.1) is 0 Å². The van der Waals surface area contributed by atoms with E-state index in [1.54, 1.807) is 0 Å². The van der Waals surface area contributed by atoms with Crippen molar-refractivity contribution < 1.29 is 18.7 Å². The Morgan fingerprint density at radius 3 is 2.73 bits per heavy atom. The summed E-state index contributed by atoms with van der Waals surface area (Å²) in [6.07, 6.45) is 0. The van der Waals surface area contributed by atoms with Gasteiger partial charge in [-0.2, -0.15) is 0 Å². The molecule has 66 valence electrons. The molecule has 0 bridgehead atoms. The molecule has 0 aliphatic rings. The first-order valence-electron chi connectivity index (χ1n) is 3.56. The Bertz CT molecular complexity index is 107. The maximum absolute atomic E-state index is 10.2. The van der Waals surface area contributed by atoms with Gasteiger partial charge in [-0.25, -0.2) is 0 Å². The fourth-order valence-corrected chi connectivity index (χ4v) is 0.852. The van der Waals surface area contributed by atoms with Crippen molar-refractivity contribution in [1.82, 2.24) is 0 Å². The number of hydrogen-bond donors (Lipinski definition) is 0. The standard InChI is InChI=1S/C6H14O4Si/c1-6(7)9-5-8-3-4-10-11-2/h3-5,11H2,1-2H3. The molecule has 0 saturated heterocycles. The number of carbonyl (C=O) groups is 1. The summed E-state index contributed by atoms with van der Waals surface area (Å²) in [5, 5.41) is 0. The minimum atomic E-state index is -0.324. The van der Waals surface area contributed by atoms with Gasteiger partial charge in [-0.3, -0.25) is 4.79 Å². The lowest BCUT2D eigenvalue weighted by atomic mass is 10.8. The molecule has 0 aliphatic heterocycles. The van der Waals surface area contributed by atoms with E-state index in [-0.39, 0.29) is 22.5 Å². The fraction of sp³-hybridized carbons (Fsp3) is 0.833. The van der Waals surface area contributed by atoms with Gasteiger partial charge in [-0.1, -0.05) is 6.55 Å². The molecule has 0 N–H and O–H groups in total. The zero-order chi connectivity index (χ0) is 8.53. The van der Waals surface area contributed by atoms with E-state index in [1.807, 2.05) is 6.55 Å². The van der Waals surface area contributed by atoms with Crippen LogP contribution < -0.4 is 0 Å². The molecule has 0 radical (unpaired) electrons. The van der Waals surface area contributed by atoms with Crippen molar-refractivity contribution in [3.05, 3.63) is 0 Å². The van der Waals surface area contributed by atoms with Gasteiger partial charge in [0.25, 0.3) is 0 Å². The highest BCUT2D eigenvalue weighted by Crippen LogP contribution is 1.80. The van der Waals surface area contributed by atoms with E-state index in [2.05, 4.69) is 4.74 Å². The van der Waals surface area contributed by atoms with Crippen molar-refractivity contribution in [3.8, 4) is 0 Å². The Labute approximate surface area is 68.8 Å². The summed E-state index contributed by atoms with van der Waals surface area (Å²) in [4.78, 5) is 10.2. The molecule has 0 heterocycles. The van der Waals surface area contributed by atoms with Gasteiger partial charge < -0.3 is 13.9 Å². The number of esters is 1. The predicted molar refractivity (Wildman–Crippen MR) is 42.9 cm³/mol. The molecule has 0 aromatic rings. The van der Waals surface area contributed by atoms with Crippen molar-refractivity contribution in [2.75, 3.05) is 20.0 Å². The summed E-state index contributed by atoms with van der Waals surface area (Å²) in [6.45, 7) is 4.52. The average molecular weight is 178 g/mol. The molecule has 0 aromatic heterocycles. The van der Waals surface area contributed by atoms with Gasteiger partial charge in [0, 0.05) is 6.92 Å². The maximum atomic E-state index is 10.2. The summed E-state index contributed by atoms with van der Waals surface area (Å²) in [5.74, 6) is -0.323. The zero-order valence-electron chi connectivity index (χ0n) is 6.96. The fourth-order valence-electron chi connectivity index (χ4n) is 0.446. The van der Waals surface area contributed by atoms with Crippen LogP contribution in [0.1, 0.15) is 6.92 Å². The summed E-state index contributed by atoms with van der Waals surface area (Å²) < 4.78 is 14.5. The van der Waals surface area contributed by atoms with Crippen LogP contribution in [0.4, 0.5) is 0 Å². The Kier molecular flexibility index (Phi) is 7.44. The highest BCUT2D eigenvalue weighted by molar-refractivity contribution is 6.24. The lowest BCUT2D eigenvalue weighted by Crippen LogP contribution is -2.09. The third kappa shape index (κ3) is 9.61. The molecule has 0 rings (SSSR count). The quantitative estimate of drug-likeness (QED) is 0.242. The number of carbonyl (C=O) groups excluding carboxylic acids is 1. The SMILES string of the molecule is C[SiH2]OCCOCOC(C)=O. The van der Waals surface area contributed by atoms with Crippen LogP contribution in [0.3, 0.4) is 0 Å². The molecule has 11 heavy (non-hydrogen) atoms. The second-order valence-electron chi connectivity index (χ2n) is 1.86. The molecular formula is C6H14O4Si. The maximum Gasteiger partial charge on any atom is 0.304 e.